The van der Waals surface area contributed by atoms with Gasteiger partial charge in [-0.3, -0.25) is 4.90 Å². The van der Waals surface area contributed by atoms with Gasteiger partial charge in [0, 0.05) is 44.5 Å². The topological polar surface area (TPSA) is 52.1 Å². The molecule has 6 nitrogen and oxygen atoms in total. The highest BCUT2D eigenvalue weighted by atomic mass is 19.4. The maximum absolute atomic E-state index is 12.6. The van der Waals surface area contributed by atoms with E-state index in [0.29, 0.717) is 38.6 Å². The number of likely N-dealkylation sites (tertiary alicyclic amines) is 1. The molecule has 2 aliphatic rings. The number of halogens is 3. The van der Waals surface area contributed by atoms with Crippen molar-refractivity contribution in [3.8, 4) is 0 Å². The molecule has 0 saturated carbocycles. The molecule has 0 aromatic heterocycles. The highest BCUT2D eigenvalue weighted by Gasteiger charge is 2.34. The van der Waals surface area contributed by atoms with Gasteiger partial charge in [0.05, 0.1) is 26.3 Å². The molecule has 162 valence electrons. The highest BCUT2D eigenvalue weighted by Crippen LogP contribution is 2.22. The van der Waals surface area contributed by atoms with E-state index in [1.54, 1.807) is 0 Å². The van der Waals surface area contributed by atoms with Gasteiger partial charge < -0.3 is 20.3 Å². The number of nitrogens with one attached hydrogen (secondary N) is 2. The van der Waals surface area contributed by atoms with E-state index in [0.717, 1.165) is 37.6 Å². The molecule has 0 radical (unpaired) electrons. The molecule has 0 spiro atoms. The third kappa shape index (κ3) is 6.78. The lowest BCUT2D eigenvalue weighted by Crippen LogP contribution is -2.45. The first-order valence-corrected chi connectivity index (χ1v) is 10.2. The van der Waals surface area contributed by atoms with Crippen molar-refractivity contribution < 1.29 is 17.9 Å². The van der Waals surface area contributed by atoms with Crippen molar-refractivity contribution in [1.29, 1.82) is 0 Å². The summed E-state index contributed by atoms with van der Waals surface area (Å²) in [5, 5.41) is 6.50. The first-order chi connectivity index (χ1) is 13.9. The van der Waals surface area contributed by atoms with Crippen LogP contribution >= 0.6 is 0 Å². The van der Waals surface area contributed by atoms with Crippen LogP contribution in [0, 0.1) is 0 Å². The number of morpholine rings is 1. The molecular weight excluding hydrogens is 383 g/mol. The Kier molecular flexibility index (Phi) is 7.60. The minimum atomic E-state index is -4.16. The summed E-state index contributed by atoms with van der Waals surface area (Å²) < 4.78 is 43.3. The van der Waals surface area contributed by atoms with E-state index in [2.05, 4.69) is 27.7 Å². The Bertz CT molecular complexity index is 676. The molecule has 1 aromatic rings. The lowest BCUT2D eigenvalue weighted by atomic mass is 10.1. The van der Waals surface area contributed by atoms with Crippen molar-refractivity contribution in [1.82, 2.24) is 15.5 Å². The minimum absolute atomic E-state index is 0.0374. The lowest BCUT2D eigenvalue weighted by molar-refractivity contribution is -0.143. The van der Waals surface area contributed by atoms with Gasteiger partial charge in [-0.1, -0.05) is 18.2 Å². The molecule has 3 rings (SSSR count). The Morgan fingerprint density at radius 2 is 1.97 bits per heavy atom. The largest absolute Gasteiger partial charge is 0.401 e. The number of rotatable bonds is 6. The molecule has 0 amide bonds. The van der Waals surface area contributed by atoms with Gasteiger partial charge in [-0.2, -0.15) is 13.2 Å². The summed E-state index contributed by atoms with van der Waals surface area (Å²) in [4.78, 5) is 8.44. The van der Waals surface area contributed by atoms with E-state index in [1.165, 1.54) is 4.90 Å². The van der Waals surface area contributed by atoms with Gasteiger partial charge in [0.2, 0.25) is 0 Å². The predicted molar refractivity (Wildman–Crippen MR) is 108 cm³/mol. The van der Waals surface area contributed by atoms with Crippen LogP contribution in [0.5, 0.6) is 0 Å². The van der Waals surface area contributed by atoms with Gasteiger partial charge in [-0.25, -0.2) is 4.99 Å². The second-order valence-electron chi connectivity index (χ2n) is 7.40. The SMILES string of the molecule is CCNC(=NCc1ccccc1N1CCOCC1)NC1CCN(CC(F)(F)F)C1. The van der Waals surface area contributed by atoms with Crippen molar-refractivity contribution in [2.75, 3.05) is 57.4 Å². The maximum Gasteiger partial charge on any atom is 0.401 e. The Morgan fingerprint density at radius 1 is 1.21 bits per heavy atom. The van der Waals surface area contributed by atoms with Gasteiger partial charge in [0.15, 0.2) is 5.96 Å². The maximum atomic E-state index is 12.6. The summed E-state index contributed by atoms with van der Waals surface area (Å²) >= 11 is 0. The van der Waals surface area contributed by atoms with Crippen LogP contribution in [0.25, 0.3) is 0 Å². The molecule has 2 aliphatic heterocycles. The molecule has 2 fully saturated rings. The quantitative estimate of drug-likeness (QED) is 0.553. The lowest BCUT2D eigenvalue weighted by Gasteiger charge is -2.30. The fourth-order valence-electron chi connectivity index (χ4n) is 3.78. The Labute approximate surface area is 170 Å². The van der Waals surface area contributed by atoms with Crippen molar-refractivity contribution in [2.24, 2.45) is 4.99 Å². The van der Waals surface area contributed by atoms with Crippen LogP contribution in [0.1, 0.15) is 18.9 Å². The second kappa shape index (κ2) is 10.2. The monoisotopic (exact) mass is 413 g/mol. The van der Waals surface area contributed by atoms with Crippen molar-refractivity contribution >= 4 is 11.6 Å². The fourth-order valence-corrected chi connectivity index (χ4v) is 3.78. The average molecular weight is 413 g/mol. The summed E-state index contributed by atoms with van der Waals surface area (Å²) in [6.07, 6.45) is -3.48. The second-order valence-corrected chi connectivity index (χ2v) is 7.40. The van der Waals surface area contributed by atoms with Gasteiger partial charge in [-0.05, 0) is 25.0 Å². The summed E-state index contributed by atoms with van der Waals surface area (Å²) in [7, 11) is 0. The summed E-state index contributed by atoms with van der Waals surface area (Å²) in [5.74, 6) is 0.642. The minimum Gasteiger partial charge on any atom is -0.378 e. The van der Waals surface area contributed by atoms with E-state index in [1.807, 2.05) is 19.1 Å². The molecule has 2 saturated heterocycles. The van der Waals surface area contributed by atoms with Crippen molar-refractivity contribution in [2.45, 2.75) is 32.1 Å². The number of nitrogens with zero attached hydrogens (tertiary/aromatic N) is 3. The number of para-hydroxylation sites is 1. The van der Waals surface area contributed by atoms with Gasteiger partial charge >= 0.3 is 6.18 Å². The van der Waals surface area contributed by atoms with E-state index < -0.39 is 12.7 Å². The Balaban J connectivity index is 1.61. The van der Waals surface area contributed by atoms with Crippen LogP contribution in [0.2, 0.25) is 0 Å². The molecule has 2 N–H and O–H groups in total. The van der Waals surface area contributed by atoms with Crippen LogP contribution in [0.4, 0.5) is 18.9 Å². The zero-order valence-corrected chi connectivity index (χ0v) is 16.8. The standard InChI is InChI=1S/C20H30F3N5O/c1-2-24-19(26-17-7-8-27(14-17)15-20(21,22)23)25-13-16-5-3-4-6-18(16)28-9-11-29-12-10-28/h3-6,17H,2,7-15H2,1H3,(H2,24,25,26). The summed E-state index contributed by atoms with van der Waals surface area (Å²) in [5.41, 5.74) is 2.28. The number of guanidine groups is 1. The molecule has 9 heteroatoms. The fraction of sp³-hybridized carbons (Fsp3) is 0.650. The van der Waals surface area contributed by atoms with E-state index >= 15 is 0 Å². The van der Waals surface area contributed by atoms with Crippen molar-refractivity contribution in [3.05, 3.63) is 29.8 Å². The average Bonchev–Trinajstić information content (AvgIpc) is 3.12. The molecule has 0 aliphatic carbocycles. The van der Waals surface area contributed by atoms with Gasteiger partial charge in [0.1, 0.15) is 0 Å². The zero-order valence-electron chi connectivity index (χ0n) is 16.8. The molecule has 0 bridgehead atoms. The van der Waals surface area contributed by atoms with Crippen LogP contribution in [-0.4, -0.2) is 75.6 Å². The summed E-state index contributed by atoms with van der Waals surface area (Å²) in [6.45, 7) is 6.28. The predicted octanol–water partition coefficient (Wildman–Crippen LogP) is 2.21. The van der Waals surface area contributed by atoms with Gasteiger partial charge in [0.25, 0.3) is 0 Å². The van der Waals surface area contributed by atoms with Crippen LogP contribution < -0.4 is 15.5 Å². The van der Waals surface area contributed by atoms with E-state index in [4.69, 9.17) is 9.73 Å². The number of benzene rings is 1. The van der Waals surface area contributed by atoms with Crippen LogP contribution in [-0.2, 0) is 11.3 Å². The van der Waals surface area contributed by atoms with E-state index in [-0.39, 0.29) is 6.04 Å². The Hall–Kier alpha value is -2.00. The van der Waals surface area contributed by atoms with Crippen molar-refractivity contribution in [3.63, 3.8) is 0 Å². The number of hydrogen-bond acceptors (Lipinski definition) is 4. The smallest absolute Gasteiger partial charge is 0.378 e. The number of aliphatic imine (C=N–C) groups is 1. The normalized spacial score (nSPS) is 21.4. The number of anilines is 1. The first kappa shape index (κ1) is 21.7. The highest BCUT2D eigenvalue weighted by molar-refractivity contribution is 5.80. The Morgan fingerprint density at radius 3 is 2.69 bits per heavy atom. The van der Waals surface area contributed by atoms with Crippen LogP contribution in [0.3, 0.4) is 0 Å². The number of alkyl halides is 3. The third-order valence-electron chi connectivity index (χ3n) is 5.11. The molecule has 29 heavy (non-hydrogen) atoms. The van der Waals surface area contributed by atoms with Crippen LogP contribution in [0.15, 0.2) is 29.3 Å². The molecule has 1 atom stereocenters. The zero-order chi connectivity index (χ0) is 20.7. The van der Waals surface area contributed by atoms with E-state index in [9.17, 15) is 13.2 Å². The molecular formula is C20H30F3N5O. The number of hydrogen-bond donors (Lipinski definition) is 2. The molecule has 1 aromatic carbocycles. The van der Waals surface area contributed by atoms with Gasteiger partial charge in [-0.15, -0.1) is 0 Å². The number of ether oxygens (including phenoxy) is 1. The molecule has 1 unspecified atom stereocenters. The first-order valence-electron chi connectivity index (χ1n) is 10.2. The third-order valence-corrected chi connectivity index (χ3v) is 5.11. The molecule has 2 heterocycles. The summed E-state index contributed by atoms with van der Waals surface area (Å²) in [6, 6.07) is 8.15.